The van der Waals surface area contributed by atoms with E-state index in [4.69, 9.17) is 5.73 Å². The van der Waals surface area contributed by atoms with Gasteiger partial charge in [-0.2, -0.15) is 0 Å². The van der Waals surface area contributed by atoms with Crippen LogP contribution in [-0.4, -0.2) is 6.23 Å². The summed E-state index contributed by atoms with van der Waals surface area (Å²) in [5.74, 6) is 4.55. The summed E-state index contributed by atoms with van der Waals surface area (Å²) in [7, 11) is 0. The Labute approximate surface area is 43.0 Å². The lowest BCUT2D eigenvalue weighted by molar-refractivity contribution is 0.0715. The molecule has 1 unspecified atom stereocenters. The third-order valence-corrected chi connectivity index (χ3v) is 0.215. The summed E-state index contributed by atoms with van der Waals surface area (Å²) in [5, 5.41) is 0. The average molecular weight is 113 g/mol. The summed E-state index contributed by atoms with van der Waals surface area (Å²) >= 11 is 0. The summed E-state index contributed by atoms with van der Waals surface area (Å²) < 4.78 is 0. The van der Waals surface area contributed by atoms with Gasteiger partial charge in [0.15, 0.2) is 0 Å². The fourth-order valence-corrected chi connectivity index (χ4v) is 0. The van der Waals surface area contributed by atoms with Crippen LogP contribution in [0.15, 0.2) is 0 Å². The Hall–Kier alpha value is 0.170. The van der Waals surface area contributed by atoms with Gasteiger partial charge < -0.3 is 5.73 Å². The highest BCUT2D eigenvalue weighted by molar-refractivity contribution is 5.85. The molecule has 0 aromatic heterocycles. The second-order valence-electron chi connectivity index (χ2n) is 0.841. The maximum Gasteiger partial charge on any atom is 0.123 e. The average Bonchev–Trinajstić information content (AvgIpc) is 1.38. The number of hydrogen-bond acceptors (Lipinski definition) is 3. The molecule has 0 bridgehead atoms. The van der Waals surface area contributed by atoms with Gasteiger partial charge in [-0.15, -0.1) is 12.4 Å². The van der Waals surface area contributed by atoms with Gasteiger partial charge in [0.1, 0.15) is 6.23 Å². The van der Waals surface area contributed by atoms with E-state index in [0.29, 0.717) is 0 Å². The van der Waals surface area contributed by atoms with E-state index < -0.39 is 0 Å². The van der Waals surface area contributed by atoms with Gasteiger partial charge in [-0.05, 0) is 6.92 Å². The number of nitrogens with two attached hydrogens (primary N) is 2. The predicted molar refractivity (Wildman–Crippen MR) is 26.2 cm³/mol. The molecule has 40 valence electrons. The molecule has 4 N–H and O–H groups in total. The minimum absolute atomic E-state index is 0. The summed E-state index contributed by atoms with van der Waals surface area (Å²) in [4.78, 5) is 4.03. The predicted octanol–water partition coefficient (Wildman–Crippen LogP) is -0.397. The zero-order valence-corrected chi connectivity index (χ0v) is 4.37. The van der Waals surface area contributed by atoms with Crippen LogP contribution < -0.4 is 11.6 Å². The van der Waals surface area contributed by atoms with E-state index in [9.17, 15) is 0 Å². The molecule has 0 aliphatic heterocycles. The van der Waals surface area contributed by atoms with Gasteiger partial charge in [-0.3, -0.25) is 4.84 Å². The van der Waals surface area contributed by atoms with Crippen LogP contribution in [0.3, 0.4) is 0 Å². The zero-order valence-electron chi connectivity index (χ0n) is 3.55. The molecule has 0 spiro atoms. The van der Waals surface area contributed by atoms with E-state index in [2.05, 4.69) is 10.7 Å². The zero-order chi connectivity index (χ0) is 4.28. The van der Waals surface area contributed by atoms with Crippen molar-refractivity contribution in [2.24, 2.45) is 11.6 Å². The first-order chi connectivity index (χ1) is 2.27. The van der Waals surface area contributed by atoms with E-state index >= 15 is 0 Å². The van der Waals surface area contributed by atoms with Crippen molar-refractivity contribution in [2.75, 3.05) is 0 Å². The highest BCUT2D eigenvalue weighted by Gasteiger charge is 1.79. The molecule has 0 radical (unpaired) electrons. The molecule has 0 saturated heterocycles. The smallest absolute Gasteiger partial charge is 0.123 e. The minimum Gasteiger partial charge on any atom is -0.305 e. The molecule has 0 aliphatic rings. The molecule has 6 heavy (non-hydrogen) atoms. The molecule has 1 atom stereocenters. The molecule has 0 aliphatic carbocycles. The Morgan fingerprint density at radius 1 is 1.67 bits per heavy atom. The lowest BCUT2D eigenvalue weighted by Gasteiger charge is -1.94. The first kappa shape index (κ1) is 9.48. The van der Waals surface area contributed by atoms with Crippen molar-refractivity contribution in [3.8, 4) is 0 Å². The van der Waals surface area contributed by atoms with E-state index in [0.717, 1.165) is 0 Å². The molecule has 0 rings (SSSR count). The van der Waals surface area contributed by atoms with Crippen LogP contribution in [0, 0.1) is 0 Å². The Bertz CT molecular complexity index is 25.5. The van der Waals surface area contributed by atoms with Gasteiger partial charge in [-0.1, -0.05) is 0 Å². The van der Waals surface area contributed by atoms with Crippen LogP contribution >= 0.6 is 12.4 Å². The first-order valence-corrected chi connectivity index (χ1v) is 1.38. The molecule has 0 amide bonds. The van der Waals surface area contributed by atoms with Crippen molar-refractivity contribution in [2.45, 2.75) is 13.2 Å². The summed E-state index contributed by atoms with van der Waals surface area (Å²) in [6.07, 6.45) is -0.338. The topological polar surface area (TPSA) is 61.3 Å². The summed E-state index contributed by atoms with van der Waals surface area (Å²) in [6.45, 7) is 1.65. The van der Waals surface area contributed by atoms with Crippen molar-refractivity contribution in [3.63, 3.8) is 0 Å². The second kappa shape index (κ2) is 5.17. The molecular weight excluding hydrogens is 103 g/mol. The van der Waals surface area contributed by atoms with Crippen molar-refractivity contribution in [1.29, 1.82) is 0 Å². The SMILES string of the molecule is CC(N)ON.Cl. The first-order valence-electron chi connectivity index (χ1n) is 1.38. The Morgan fingerprint density at radius 2 is 1.83 bits per heavy atom. The fraction of sp³-hybridized carbons (Fsp3) is 1.00. The van der Waals surface area contributed by atoms with Gasteiger partial charge in [-0.25, -0.2) is 5.90 Å². The molecule has 0 saturated carbocycles. The minimum atomic E-state index is -0.338. The third-order valence-electron chi connectivity index (χ3n) is 0.215. The van der Waals surface area contributed by atoms with Crippen molar-refractivity contribution >= 4 is 12.4 Å². The molecular formula is C2H9ClN2O. The van der Waals surface area contributed by atoms with E-state index in [-0.39, 0.29) is 18.6 Å². The van der Waals surface area contributed by atoms with Crippen LogP contribution in [0.25, 0.3) is 0 Å². The molecule has 0 aromatic carbocycles. The number of hydrogen-bond donors (Lipinski definition) is 2. The van der Waals surface area contributed by atoms with Gasteiger partial charge >= 0.3 is 0 Å². The quantitative estimate of drug-likeness (QED) is 0.359. The number of halogens is 1. The Kier molecular flexibility index (Phi) is 8.17. The standard InChI is InChI=1S/C2H8N2O.ClH/c1-2(3)5-4;/h2H,3-4H2,1H3;1H. The maximum absolute atomic E-state index is 4.94. The van der Waals surface area contributed by atoms with Crippen LogP contribution in [0.1, 0.15) is 6.92 Å². The fourth-order valence-electron chi connectivity index (χ4n) is 0. The molecule has 4 heteroatoms. The van der Waals surface area contributed by atoms with Crippen LogP contribution in [0.2, 0.25) is 0 Å². The second-order valence-corrected chi connectivity index (χ2v) is 0.841. The molecule has 0 heterocycles. The van der Waals surface area contributed by atoms with Gasteiger partial charge in [0.25, 0.3) is 0 Å². The normalized spacial score (nSPS) is 12.5. The van der Waals surface area contributed by atoms with E-state index in [1.807, 2.05) is 0 Å². The number of rotatable bonds is 1. The van der Waals surface area contributed by atoms with Crippen molar-refractivity contribution in [3.05, 3.63) is 0 Å². The molecule has 3 nitrogen and oxygen atoms in total. The molecule has 0 fully saturated rings. The summed E-state index contributed by atoms with van der Waals surface area (Å²) in [6, 6.07) is 0. The van der Waals surface area contributed by atoms with E-state index in [1.165, 1.54) is 0 Å². The highest BCUT2D eigenvalue weighted by Crippen LogP contribution is 1.62. The van der Waals surface area contributed by atoms with E-state index in [1.54, 1.807) is 6.92 Å². The van der Waals surface area contributed by atoms with Crippen LogP contribution in [0.5, 0.6) is 0 Å². The van der Waals surface area contributed by atoms with Gasteiger partial charge in [0.05, 0.1) is 0 Å². The summed E-state index contributed by atoms with van der Waals surface area (Å²) in [5.41, 5.74) is 4.94. The monoisotopic (exact) mass is 112 g/mol. The van der Waals surface area contributed by atoms with Gasteiger partial charge in [0.2, 0.25) is 0 Å². The maximum atomic E-state index is 4.94. The lowest BCUT2D eigenvalue weighted by Crippen LogP contribution is -2.22. The molecule has 0 aromatic rings. The van der Waals surface area contributed by atoms with Crippen molar-refractivity contribution in [1.82, 2.24) is 0 Å². The van der Waals surface area contributed by atoms with Gasteiger partial charge in [0, 0.05) is 0 Å². The van der Waals surface area contributed by atoms with Crippen LogP contribution in [-0.2, 0) is 4.84 Å². The Morgan fingerprint density at radius 3 is 1.83 bits per heavy atom. The largest absolute Gasteiger partial charge is 0.305 e. The van der Waals surface area contributed by atoms with Crippen molar-refractivity contribution < 1.29 is 4.84 Å². The third kappa shape index (κ3) is 8.90. The highest BCUT2D eigenvalue weighted by atomic mass is 35.5. The Balaban J connectivity index is 0. The van der Waals surface area contributed by atoms with Crippen LogP contribution in [0.4, 0.5) is 0 Å². The lowest BCUT2D eigenvalue weighted by atomic mass is 10.7.